The number of aliphatic hydroxyl groups is 1. The van der Waals surface area contributed by atoms with Crippen LogP contribution in [-0.2, 0) is 4.74 Å². The van der Waals surface area contributed by atoms with Crippen LogP contribution in [0.15, 0.2) is 35.2 Å². The molecule has 0 bridgehead atoms. The van der Waals surface area contributed by atoms with Gasteiger partial charge in [-0.15, -0.1) is 11.8 Å². The van der Waals surface area contributed by atoms with E-state index in [9.17, 15) is 5.11 Å². The van der Waals surface area contributed by atoms with E-state index in [0.717, 1.165) is 19.3 Å². The molecule has 0 unspecified atom stereocenters. The molecule has 1 aliphatic heterocycles. The highest BCUT2D eigenvalue weighted by Crippen LogP contribution is 2.33. The van der Waals surface area contributed by atoms with Crippen LogP contribution in [-0.4, -0.2) is 29.2 Å². The lowest BCUT2D eigenvalue weighted by Gasteiger charge is -2.32. The van der Waals surface area contributed by atoms with E-state index in [1.165, 1.54) is 17.7 Å². The van der Waals surface area contributed by atoms with Gasteiger partial charge in [0.15, 0.2) is 0 Å². The molecule has 0 saturated carbocycles. The Morgan fingerprint density at radius 2 is 2.16 bits per heavy atom. The van der Waals surface area contributed by atoms with Gasteiger partial charge in [-0.3, -0.25) is 0 Å². The van der Waals surface area contributed by atoms with Crippen LogP contribution in [0.5, 0.6) is 0 Å². The first-order chi connectivity index (χ1) is 9.29. The highest BCUT2D eigenvalue weighted by molar-refractivity contribution is 8.00. The summed E-state index contributed by atoms with van der Waals surface area (Å²) in [5.41, 5.74) is 0. The van der Waals surface area contributed by atoms with E-state index in [2.05, 4.69) is 31.2 Å². The van der Waals surface area contributed by atoms with Gasteiger partial charge in [-0.2, -0.15) is 0 Å². The molecule has 1 saturated heterocycles. The van der Waals surface area contributed by atoms with Gasteiger partial charge in [-0.05, 0) is 25.0 Å². The fourth-order valence-electron chi connectivity index (χ4n) is 2.47. The average molecular weight is 280 g/mol. The zero-order valence-electron chi connectivity index (χ0n) is 11.6. The molecule has 0 spiro atoms. The Morgan fingerprint density at radius 1 is 1.37 bits per heavy atom. The standard InChI is InChI=1S/C16H24O2S/c1-2-3-9-16(15-12-13(17)10-11-18-15)19-14-7-5-4-6-8-14/h4-8,13,15-17H,2-3,9-12H2,1H3/t13-,15-,16-/m1/s1. The van der Waals surface area contributed by atoms with Crippen molar-refractivity contribution in [3.8, 4) is 0 Å². The third-order valence-corrected chi connectivity index (χ3v) is 4.96. The van der Waals surface area contributed by atoms with Crippen LogP contribution in [0.2, 0.25) is 0 Å². The third kappa shape index (κ3) is 4.83. The summed E-state index contributed by atoms with van der Waals surface area (Å²) in [5, 5.41) is 10.3. The molecule has 1 aromatic rings. The van der Waals surface area contributed by atoms with Crippen molar-refractivity contribution in [3.63, 3.8) is 0 Å². The Kier molecular flexibility index (Phi) is 6.21. The van der Waals surface area contributed by atoms with E-state index in [-0.39, 0.29) is 12.2 Å². The second-order valence-corrected chi connectivity index (χ2v) is 6.51. The molecule has 1 aromatic carbocycles. The number of unbranched alkanes of at least 4 members (excludes halogenated alkanes) is 1. The van der Waals surface area contributed by atoms with Gasteiger partial charge in [0.25, 0.3) is 0 Å². The Balaban J connectivity index is 1.98. The first-order valence-electron chi connectivity index (χ1n) is 7.31. The number of aliphatic hydroxyl groups excluding tert-OH is 1. The predicted octanol–water partition coefficient (Wildman–Crippen LogP) is 3.88. The van der Waals surface area contributed by atoms with Crippen molar-refractivity contribution in [1.29, 1.82) is 0 Å². The van der Waals surface area contributed by atoms with Gasteiger partial charge >= 0.3 is 0 Å². The molecule has 0 radical (unpaired) electrons. The molecule has 0 amide bonds. The van der Waals surface area contributed by atoms with Crippen LogP contribution in [0.1, 0.15) is 39.0 Å². The highest BCUT2D eigenvalue weighted by atomic mass is 32.2. The van der Waals surface area contributed by atoms with Crippen molar-refractivity contribution >= 4 is 11.8 Å². The molecule has 0 aromatic heterocycles. The summed E-state index contributed by atoms with van der Waals surface area (Å²) in [7, 11) is 0. The van der Waals surface area contributed by atoms with E-state index in [1.807, 2.05) is 17.8 Å². The van der Waals surface area contributed by atoms with E-state index < -0.39 is 0 Å². The zero-order valence-corrected chi connectivity index (χ0v) is 12.4. The molecule has 1 N–H and O–H groups in total. The lowest BCUT2D eigenvalue weighted by atomic mass is 10.0. The number of ether oxygens (including phenoxy) is 1. The zero-order chi connectivity index (χ0) is 13.5. The minimum Gasteiger partial charge on any atom is -0.393 e. The topological polar surface area (TPSA) is 29.5 Å². The van der Waals surface area contributed by atoms with Crippen molar-refractivity contribution in [2.24, 2.45) is 0 Å². The summed E-state index contributed by atoms with van der Waals surface area (Å²) in [6.45, 7) is 2.92. The van der Waals surface area contributed by atoms with Crippen LogP contribution in [0.3, 0.4) is 0 Å². The first kappa shape index (κ1) is 14.9. The molecule has 0 aliphatic carbocycles. The Morgan fingerprint density at radius 3 is 2.84 bits per heavy atom. The Labute approximate surface area is 120 Å². The van der Waals surface area contributed by atoms with Crippen molar-refractivity contribution in [1.82, 2.24) is 0 Å². The monoisotopic (exact) mass is 280 g/mol. The number of benzene rings is 1. The number of hydrogen-bond acceptors (Lipinski definition) is 3. The molecular weight excluding hydrogens is 256 g/mol. The summed E-state index contributed by atoms with van der Waals surface area (Å²) in [4.78, 5) is 1.30. The molecule has 1 aliphatic rings. The van der Waals surface area contributed by atoms with Gasteiger partial charge in [0.05, 0.1) is 12.2 Å². The molecule has 3 atom stereocenters. The van der Waals surface area contributed by atoms with E-state index in [1.54, 1.807) is 0 Å². The van der Waals surface area contributed by atoms with Gasteiger partial charge in [0.1, 0.15) is 0 Å². The molecule has 1 heterocycles. The summed E-state index contributed by atoms with van der Waals surface area (Å²) < 4.78 is 5.90. The molecule has 2 nitrogen and oxygen atoms in total. The lowest BCUT2D eigenvalue weighted by molar-refractivity contribution is -0.0441. The van der Waals surface area contributed by atoms with Crippen molar-refractivity contribution in [2.75, 3.05) is 6.61 Å². The summed E-state index contributed by atoms with van der Waals surface area (Å²) >= 11 is 1.90. The maximum absolute atomic E-state index is 9.83. The lowest BCUT2D eigenvalue weighted by Crippen LogP contribution is -2.36. The summed E-state index contributed by atoms with van der Waals surface area (Å²) in [6.07, 6.45) is 5.18. The smallest absolute Gasteiger partial charge is 0.0721 e. The Bertz CT molecular complexity index is 355. The summed E-state index contributed by atoms with van der Waals surface area (Å²) in [5.74, 6) is 0. The van der Waals surface area contributed by atoms with Crippen LogP contribution < -0.4 is 0 Å². The van der Waals surface area contributed by atoms with Gasteiger partial charge in [0, 0.05) is 23.2 Å². The minimum atomic E-state index is -0.181. The average Bonchev–Trinajstić information content (AvgIpc) is 2.44. The third-order valence-electron chi connectivity index (χ3n) is 3.57. The van der Waals surface area contributed by atoms with Crippen LogP contribution >= 0.6 is 11.8 Å². The molecule has 1 fully saturated rings. The molecule has 106 valence electrons. The van der Waals surface area contributed by atoms with Crippen LogP contribution in [0.25, 0.3) is 0 Å². The predicted molar refractivity (Wildman–Crippen MR) is 80.6 cm³/mol. The fraction of sp³-hybridized carbons (Fsp3) is 0.625. The van der Waals surface area contributed by atoms with Crippen LogP contribution in [0, 0.1) is 0 Å². The Hall–Kier alpha value is -0.510. The highest BCUT2D eigenvalue weighted by Gasteiger charge is 2.28. The molecule has 19 heavy (non-hydrogen) atoms. The quantitative estimate of drug-likeness (QED) is 0.802. The van der Waals surface area contributed by atoms with E-state index in [0.29, 0.717) is 11.9 Å². The normalized spacial score (nSPS) is 25.2. The van der Waals surface area contributed by atoms with Gasteiger partial charge in [-0.1, -0.05) is 38.0 Å². The maximum Gasteiger partial charge on any atom is 0.0721 e. The van der Waals surface area contributed by atoms with Gasteiger partial charge in [-0.25, -0.2) is 0 Å². The number of thioether (sulfide) groups is 1. The molecule has 3 heteroatoms. The second kappa shape index (κ2) is 7.93. The van der Waals surface area contributed by atoms with Gasteiger partial charge in [0.2, 0.25) is 0 Å². The minimum absolute atomic E-state index is 0.181. The van der Waals surface area contributed by atoms with Crippen molar-refractivity contribution < 1.29 is 9.84 Å². The van der Waals surface area contributed by atoms with Crippen LogP contribution in [0.4, 0.5) is 0 Å². The van der Waals surface area contributed by atoms with E-state index in [4.69, 9.17) is 4.74 Å². The van der Waals surface area contributed by atoms with Crippen molar-refractivity contribution in [3.05, 3.63) is 30.3 Å². The van der Waals surface area contributed by atoms with E-state index >= 15 is 0 Å². The van der Waals surface area contributed by atoms with Gasteiger partial charge < -0.3 is 9.84 Å². The second-order valence-electron chi connectivity index (χ2n) is 5.20. The maximum atomic E-state index is 9.83. The SMILES string of the molecule is CCCC[C@@H](Sc1ccccc1)[C@H]1C[C@H](O)CCO1. The molecule has 2 rings (SSSR count). The number of rotatable bonds is 6. The first-order valence-corrected chi connectivity index (χ1v) is 8.19. The summed E-state index contributed by atoms with van der Waals surface area (Å²) in [6, 6.07) is 10.5. The number of hydrogen-bond donors (Lipinski definition) is 1. The molecular formula is C16H24O2S. The van der Waals surface area contributed by atoms with Crippen molar-refractivity contribution in [2.45, 2.75) is 61.4 Å². The fourth-order valence-corrected chi connectivity index (χ4v) is 3.76. The largest absolute Gasteiger partial charge is 0.393 e.